The molecule has 0 aliphatic carbocycles. The normalized spacial score (nSPS) is 12.5. The smallest absolute Gasteiger partial charge is 0.327 e. The minimum atomic E-state index is -3.46. The van der Waals surface area contributed by atoms with E-state index in [9.17, 15) is 13.2 Å². The fourth-order valence-electron chi connectivity index (χ4n) is 4.22. The summed E-state index contributed by atoms with van der Waals surface area (Å²) in [6.07, 6.45) is 4.39. The fourth-order valence-corrected chi connectivity index (χ4v) is 5.14. The van der Waals surface area contributed by atoms with E-state index in [1.54, 1.807) is 36.7 Å². The zero-order valence-electron chi connectivity index (χ0n) is 20.8. The van der Waals surface area contributed by atoms with E-state index in [4.69, 9.17) is 9.47 Å². The van der Waals surface area contributed by atoms with Gasteiger partial charge in [0.15, 0.2) is 17.3 Å². The van der Waals surface area contributed by atoms with Gasteiger partial charge < -0.3 is 19.4 Å². The molecule has 4 rings (SSSR count). The number of hydrogen-bond acceptors (Lipinski definition) is 8. The number of benzene rings is 2. The van der Waals surface area contributed by atoms with E-state index in [0.717, 1.165) is 11.8 Å². The van der Waals surface area contributed by atoms with Crippen molar-refractivity contribution in [3.8, 4) is 22.8 Å². The second-order valence-electron chi connectivity index (χ2n) is 8.61. The highest BCUT2D eigenvalue weighted by Crippen LogP contribution is 2.34. The first-order chi connectivity index (χ1) is 17.1. The van der Waals surface area contributed by atoms with E-state index < -0.39 is 21.6 Å². The predicted molar refractivity (Wildman–Crippen MR) is 140 cm³/mol. The van der Waals surface area contributed by atoms with Gasteiger partial charge in [0.25, 0.3) is 0 Å². The molecule has 1 atom stereocenters. The van der Waals surface area contributed by atoms with Crippen molar-refractivity contribution in [2.24, 2.45) is 0 Å². The molecule has 0 fully saturated rings. The third kappa shape index (κ3) is 5.06. The molecule has 0 radical (unpaired) electrons. The Morgan fingerprint density at radius 1 is 1.08 bits per heavy atom. The molecule has 10 nitrogen and oxygen atoms in total. The molecule has 36 heavy (non-hydrogen) atoms. The van der Waals surface area contributed by atoms with E-state index in [-0.39, 0.29) is 5.75 Å². The lowest BCUT2D eigenvalue weighted by atomic mass is 10.1. The summed E-state index contributed by atoms with van der Waals surface area (Å²) < 4.78 is 37.4. The quantitative estimate of drug-likeness (QED) is 0.364. The fraction of sp³-hybridized carbons (Fsp3) is 0.320. The van der Waals surface area contributed by atoms with Crippen LogP contribution in [0, 0.1) is 0 Å². The number of anilines is 1. The number of aromatic nitrogens is 4. The van der Waals surface area contributed by atoms with E-state index >= 15 is 0 Å². The largest absolute Gasteiger partial charge is 0.493 e. The molecule has 0 saturated carbocycles. The van der Waals surface area contributed by atoms with E-state index in [1.165, 1.54) is 11.7 Å². The number of imidazole rings is 1. The molecular weight excluding hydrogens is 482 g/mol. The van der Waals surface area contributed by atoms with Crippen molar-refractivity contribution in [1.29, 1.82) is 0 Å². The van der Waals surface area contributed by atoms with E-state index in [0.29, 0.717) is 46.2 Å². The van der Waals surface area contributed by atoms with Gasteiger partial charge >= 0.3 is 5.69 Å². The van der Waals surface area contributed by atoms with Crippen LogP contribution in [0.3, 0.4) is 0 Å². The minimum absolute atomic E-state index is 0.269. The Kier molecular flexibility index (Phi) is 7.02. The molecular formula is C25H29N5O5S. The highest BCUT2D eigenvalue weighted by molar-refractivity contribution is 7.90. The monoisotopic (exact) mass is 511 g/mol. The minimum Gasteiger partial charge on any atom is -0.493 e. The van der Waals surface area contributed by atoms with Crippen LogP contribution in [-0.2, 0) is 9.84 Å². The molecule has 0 spiro atoms. The van der Waals surface area contributed by atoms with Gasteiger partial charge in [-0.05, 0) is 36.8 Å². The number of aromatic amines is 1. The van der Waals surface area contributed by atoms with Gasteiger partial charge in [0.05, 0.1) is 36.5 Å². The van der Waals surface area contributed by atoms with Crippen LogP contribution in [0.25, 0.3) is 22.3 Å². The number of nitrogens with zero attached hydrogens (tertiary/aromatic N) is 4. The topological polar surface area (TPSA) is 119 Å². The predicted octanol–water partition coefficient (Wildman–Crippen LogP) is 2.89. The molecule has 190 valence electrons. The Balaban J connectivity index is 1.89. The molecule has 2 heterocycles. The zero-order valence-corrected chi connectivity index (χ0v) is 21.7. The summed E-state index contributed by atoms with van der Waals surface area (Å²) >= 11 is 0. The molecule has 4 aromatic rings. The van der Waals surface area contributed by atoms with Gasteiger partial charge in [0.1, 0.15) is 15.5 Å². The van der Waals surface area contributed by atoms with Gasteiger partial charge in [-0.3, -0.25) is 9.55 Å². The van der Waals surface area contributed by atoms with E-state index in [2.05, 4.69) is 15.0 Å². The standard InChI is InChI=1S/C25H29N5O5S/c1-6-35-22-14-16(8-10-21(22)34-4)20(15-36(5,32)33)30-19-9-7-17(13-18(19)28-25(30)31)23-24(29(2)3)27-12-11-26-23/h7-14,20H,6,15H2,1-5H3,(H,28,31)/t20-/m0/s1. The Labute approximate surface area is 209 Å². The van der Waals surface area contributed by atoms with Crippen molar-refractivity contribution in [2.45, 2.75) is 13.0 Å². The number of methoxy groups -OCH3 is 1. The van der Waals surface area contributed by atoms with Gasteiger partial charge in [-0.1, -0.05) is 12.1 Å². The third-order valence-electron chi connectivity index (χ3n) is 5.74. The van der Waals surface area contributed by atoms with Crippen molar-refractivity contribution >= 4 is 26.7 Å². The number of sulfone groups is 1. The van der Waals surface area contributed by atoms with Gasteiger partial charge in [-0.15, -0.1) is 0 Å². The SMILES string of the molecule is CCOc1cc([C@H](CS(C)(=O)=O)n2c(=O)[nH]c3cc(-c4nccnc4N(C)C)ccc32)ccc1OC. The first kappa shape index (κ1) is 25.2. The molecule has 0 aliphatic heterocycles. The van der Waals surface area contributed by atoms with Crippen molar-refractivity contribution in [1.82, 2.24) is 19.5 Å². The molecule has 2 aromatic heterocycles. The number of ether oxygens (including phenoxy) is 2. The van der Waals surface area contributed by atoms with Crippen LogP contribution in [0.4, 0.5) is 5.82 Å². The highest BCUT2D eigenvalue weighted by Gasteiger charge is 2.25. The summed E-state index contributed by atoms with van der Waals surface area (Å²) in [6, 6.07) is 9.86. The van der Waals surface area contributed by atoms with Crippen LogP contribution in [0.1, 0.15) is 18.5 Å². The summed E-state index contributed by atoms with van der Waals surface area (Å²) in [4.78, 5) is 26.8. The van der Waals surface area contributed by atoms with Crippen LogP contribution in [0.15, 0.2) is 53.6 Å². The number of H-pyrrole nitrogens is 1. The van der Waals surface area contributed by atoms with Crippen LogP contribution >= 0.6 is 0 Å². The summed E-state index contributed by atoms with van der Waals surface area (Å²) in [5, 5.41) is 0. The molecule has 0 saturated heterocycles. The molecule has 0 aliphatic rings. The van der Waals surface area contributed by atoms with Crippen molar-refractivity contribution in [3.63, 3.8) is 0 Å². The van der Waals surface area contributed by atoms with Gasteiger partial charge in [0, 0.05) is 38.3 Å². The van der Waals surface area contributed by atoms with Crippen molar-refractivity contribution < 1.29 is 17.9 Å². The van der Waals surface area contributed by atoms with Crippen molar-refractivity contribution in [3.05, 3.63) is 64.8 Å². The third-order valence-corrected chi connectivity index (χ3v) is 6.66. The van der Waals surface area contributed by atoms with Crippen LogP contribution < -0.4 is 20.1 Å². The number of hydrogen-bond donors (Lipinski definition) is 1. The maximum absolute atomic E-state index is 13.2. The highest BCUT2D eigenvalue weighted by atomic mass is 32.2. The first-order valence-corrected chi connectivity index (χ1v) is 13.4. The summed E-state index contributed by atoms with van der Waals surface area (Å²) in [5.41, 5.74) is 2.76. The molecule has 1 N–H and O–H groups in total. The Bertz CT molecular complexity index is 1560. The van der Waals surface area contributed by atoms with Crippen molar-refractivity contribution in [2.75, 3.05) is 44.7 Å². The Morgan fingerprint density at radius 3 is 2.50 bits per heavy atom. The Hall–Kier alpha value is -3.86. The first-order valence-electron chi connectivity index (χ1n) is 11.3. The lowest BCUT2D eigenvalue weighted by Crippen LogP contribution is -2.28. The molecule has 0 amide bonds. The van der Waals surface area contributed by atoms with Gasteiger partial charge in [-0.25, -0.2) is 18.2 Å². The number of rotatable bonds is 9. The van der Waals surface area contributed by atoms with E-state index in [1.807, 2.05) is 38.1 Å². The molecule has 11 heteroatoms. The average molecular weight is 512 g/mol. The molecule has 0 unspecified atom stereocenters. The van der Waals surface area contributed by atoms with Gasteiger partial charge in [-0.2, -0.15) is 0 Å². The lowest BCUT2D eigenvalue weighted by Gasteiger charge is -2.20. The van der Waals surface area contributed by atoms with Crippen LogP contribution in [-0.4, -0.2) is 67.8 Å². The van der Waals surface area contributed by atoms with Crippen LogP contribution in [0.5, 0.6) is 11.5 Å². The Morgan fingerprint density at radius 2 is 1.83 bits per heavy atom. The number of fused-ring (bicyclic) bond motifs is 1. The van der Waals surface area contributed by atoms with Crippen LogP contribution in [0.2, 0.25) is 0 Å². The second-order valence-corrected chi connectivity index (χ2v) is 10.8. The lowest BCUT2D eigenvalue weighted by molar-refractivity contribution is 0.310. The zero-order chi connectivity index (χ0) is 26.0. The van der Waals surface area contributed by atoms with Gasteiger partial charge in [0.2, 0.25) is 0 Å². The summed E-state index contributed by atoms with van der Waals surface area (Å²) in [7, 11) is 1.84. The summed E-state index contributed by atoms with van der Waals surface area (Å²) in [6.45, 7) is 2.25. The maximum atomic E-state index is 13.2. The molecule has 2 aromatic carbocycles. The molecule has 0 bridgehead atoms. The number of nitrogens with one attached hydrogen (secondary N) is 1. The second kappa shape index (κ2) is 10.0. The maximum Gasteiger partial charge on any atom is 0.327 e. The summed E-state index contributed by atoms with van der Waals surface area (Å²) in [5.74, 6) is 1.42. The average Bonchev–Trinajstić information content (AvgIpc) is 3.16.